The van der Waals surface area contributed by atoms with Crippen LogP contribution in [0.3, 0.4) is 0 Å². The lowest BCUT2D eigenvalue weighted by Gasteiger charge is -2.31. The molecule has 1 aromatic carbocycles. The molecule has 1 aliphatic heterocycles. The summed E-state index contributed by atoms with van der Waals surface area (Å²) < 4.78 is 0. The molecule has 98 valence electrons. The standard InChI is InChI=1S/C14H19NO2S/c1-15(13-5-7-18-8-6-13)10-11-3-2-4-12(9-11)14(16)17/h2-4,9,13H,5-8,10H2,1H3,(H,16,17). The summed E-state index contributed by atoms with van der Waals surface area (Å²) in [7, 11) is 2.13. The van der Waals surface area contributed by atoms with Gasteiger partial charge in [0.05, 0.1) is 5.56 Å². The van der Waals surface area contributed by atoms with E-state index in [-0.39, 0.29) is 0 Å². The fourth-order valence-corrected chi connectivity index (χ4v) is 3.43. The first kappa shape index (κ1) is 13.4. The second kappa shape index (κ2) is 6.25. The van der Waals surface area contributed by atoms with Gasteiger partial charge in [-0.05, 0) is 49.1 Å². The zero-order valence-corrected chi connectivity index (χ0v) is 11.4. The predicted molar refractivity (Wildman–Crippen MR) is 75.2 cm³/mol. The normalized spacial score (nSPS) is 17.0. The Morgan fingerprint density at radius 1 is 1.44 bits per heavy atom. The van der Waals surface area contributed by atoms with Gasteiger partial charge >= 0.3 is 5.97 Å². The number of rotatable bonds is 4. The molecule has 18 heavy (non-hydrogen) atoms. The van der Waals surface area contributed by atoms with Gasteiger partial charge in [0.2, 0.25) is 0 Å². The van der Waals surface area contributed by atoms with E-state index in [0.29, 0.717) is 11.6 Å². The Hall–Kier alpha value is -1.00. The number of hydrogen-bond acceptors (Lipinski definition) is 3. The number of carboxylic acid groups (broad SMARTS) is 1. The second-order valence-electron chi connectivity index (χ2n) is 4.76. The molecule has 4 heteroatoms. The summed E-state index contributed by atoms with van der Waals surface area (Å²) in [6.45, 7) is 0.830. The van der Waals surface area contributed by atoms with Crippen LogP contribution in [0, 0.1) is 0 Å². The van der Waals surface area contributed by atoms with Crippen molar-refractivity contribution >= 4 is 17.7 Å². The minimum absolute atomic E-state index is 0.375. The van der Waals surface area contributed by atoms with Crippen molar-refractivity contribution in [2.24, 2.45) is 0 Å². The van der Waals surface area contributed by atoms with Crippen LogP contribution in [0.15, 0.2) is 24.3 Å². The minimum atomic E-state index is -0.853. The van der Waals surface area contributed by atoms with Crippen molar-refractivity contribution in [3.8, 4) is 0 Å². The van der Waals surface area contributed by atoms with Crippen molar-refractivity contribution in [3.05, 3.63) is 35.4 Å². The summed E-state index contributed by atoms with van der Waals surface area (Å²) in [5.74, 6) is 1.63. The summed E-state index contributed by atoms with van der Waals surface area (Å²) in [4.78, 5) is 13.3. The van der Waals surface area contributed by atoms with E-state index in [0.717, 1.165) is 12.1 Å². The zero-order chi connectivity index (χ0) is 13.0. The lowest BCUT2D eigenvalue weighted by molar-refractivity contribution is 0.0696. The van der Waals surface area contributed by atoms with E-state index in [1.165, 1.54) is 24.3 Å². The number of carbonyl (C=O) groups is 1. The van der Waals surface area contributed by atoms with Crippen LogP contribution < -0.4 is 0 Å². The van der Waals surface area contributed by atoms with E-state index in [4.69, 9.17) is 5.11 Å². The molecule has 1 aliphatic rings. The van der Waals surface area contributed by atoms with Gasteiger partial charge in [0.15, 0.2) is 0 Å². The minimum Gasteiger partial charge on any atom is -0.478 e. The number of thioether (sulfide) groups is 1. The van der Waals surface area contributed by atoms with Crippen LogP contribution in [0.4, 0.5) is 0 Å². The number of benzene rings is 1. The highest BCUT2D eigenvalue weighted by Gasteiger charge is 2.18. The third kappa shape index (κ3) is 3.50. The molecule has 1 saturated heterocycles. The molecule has 1 heterocycles. The van der Waals surface area contributed by atoms with Gasteiger partial charge in [0, 0.05) is 12.6 Å². The molecular formula is C14H19NO2S. The Balaban J connectivity index is 1.99. The van der Waals surface area contributed by atoms with Gasteiger partial charge in [-0.25, -0.2) is 4.79 Å². The van der Waals surface area contributed by atoms with Crippen LogP contribution in [0.5, 0.6) is 0 Å². The van der Waals surface area contributed by atoms with E-state index in [9.17, 15) is 4.79 Å². The van der Waals surface area contributed by atoms with Crippen LogP contribution in [0.2, 0.25) is 0 Å². The van der Waals surface area contributed by atoms with E-state index in [2.05, 4.69) is 11.9 Å². The fraction of sp³-hybridized carbons (Fsp3) is 0.500. The summed E-state index contributed by atoms with van der Waals surface area (Å²) >= 11 is 2.02. The maximum absolute atomic E-state index is 10.9. The predicted octanol–water partition coefficient (Wildman–Crippen LogP) is 2.71. The van der Waals surface area contributed by atoms with Crippen molar-refractivity contribution in [3.63, 3.8) is 0 Å². The van der Waals surface area contributed by atoms with Gasteiger partial charge in [-0.15, -0.1) is 0 Å². The molecule has 0 atom stereocenters. The average Bonchev–Trinajstić information content (AvgIpc) is 2.40. The van der Waals surface area contributed by atoms with E-state index in [1.54, 1.807) is 12.1 Å². The first-order valence-corrected chi connectivity index (χ1v) is 7.42. The Kier molecular flexibility index (Phi) is 4.66. The van der Waals surface area contributed by atoms with Crippen molar-refractivity contribution in [1.29, 1.82) is 0 Å². The number of aromatic carboxylic acids is 1. The molecule has 0 spiro atoms. The summed E-state index contributed by atoms with van der Waals surface area (Å²) in [5, 5.41) is 8.98. The van der Waals surface area contributed by atoms with Crippen LogP contribution in [0.25, 0.3) is 0 Å². The largest absolute Gasteiger partial charge is 0.478 e. The molecule has 2 rings (SSSR count). The molecule has 0 bridgehead atoms. The Labute approximate surface area is 112 Å². The third-order valence-electron chi connectivity index (χ3n) is 3.42. The topological polar surface area (TPSA) is 40.5 Å². The summed E-state index contributed by atoms with van der Waals surface area (Å²) in [5.41, 5.74) is 1.45. The van der Waals surface area contributed by atoms with Gasteiger partial charge in [-0.3, -0.25) is 4.90 Å². The van der Waals surface area contributed by atoms with E-state index >= 15 is 0 Å². The molecule has 0 aliphatic carbocycles. The van der Waals surface area contributed by atoms with Crippen LogP contribution in [-0.4, -0.2) is 40.6 Å². The highest BCUT2D eigenvalue weighted by molar-refractivity contribution is 7.99. The van der Waals surface area contributed by atoms with Gasteiger partial charge in [-0.2, -0.15) is 11.8 Å². The molecule has 1 aromatic rings. The van der Waals surface area contributed by atoms with Crippen molar-refractivity contribution in [1.82, 2.24) is 4.90 Å². The van der Waals surface area contributed by atoms with Crippen molar-refractivity contribution < 1.29 is 9.90 Å². The quantitative estimate of drug-likeness (QED) is 0.908. The fourth-order valence-electron chi connectivity index (χ4n) is 2.35. The van der Waals surface area contributed by atoms with Crippen LogP contribution in [0.1, 0.15) is 28.8 Å². The Morgan fingerprint density at radius 2 is 2.17 bits per heavy atom. The smallest absolute Gasteiger partial charge is 0.335 e. The molecule has 0 aromatic heterocycles. The van der Waals surface area contributed by atoms with Crippen LogP contribution in [-0.2, 0) is 6.54 Å². The lowest BCUT2D eigenvalue weighted by Crippen LogP contribution is -2.34. The van der Waals surface area contributed by atoms with Gasteiger partial charge in [0.1, 0.15) is 0 Å². The zero-order valence-electron chi connectivity index (χ0n) is 10.6. The summed E-state index contributed by atoms with van der Waals surface area (Å²) in [6.07, 6.45) is 2.47. The Morgan fingerprint density at radius 3 is 2.83 bits per heavy atom. The van der Waals surface area contributed by atoms with Crippen LogP contribution >= 0.6 is 11.8 Å². The lowest BCUT2D eigenvalue weighted by atomic mass is 10.1. The van der Waals surface area contributed by atoms with Crippen molar-refractivity contribution in [2.45, 2.75) is 25.4 Å². The molecular weight excluding hydrogens is 246 g/mol. The third-order valence-corrected chi connectivity index (χ3v) is 4.47. The number of hydrogen-bond donors (Lipinski definition) is 1. The molecule has 3 nitrogen and oxygen atoms in total. The number of carboxylic acids is 1. The first-order chi connectivity index (χ1) is 8.66. The molecule has 1 N–H and O–H groups in total. The highest BCUT2D eigenvalue weighted by Crippen LogP contribution is 2.22. The van der Waals surface area contributed by atoms with E-state index in [1.807, 2.05) is 23.9 Å². The SMILES string of the molecule is CN(Cc1cccc(C(=O)O)c1)C1CCSCC1. The first-order valence-electron chi connectivity index (χ1n) is 6.27. The monoisotopic (exact) mass is 265 g/mol. The molecule has 0 radical (unpaired) electrons. The average molecular weight is 265 g/mol. The van der Waals surface area contributed by atoms with Gasteiger partial charge in [-0.1, -0.05) is 12.1 Å². The maximum Gasteiger partial charge on any atom is 0.335 e. The van der Waals surface area contributed by atoms with E-state index < -0.39 is 5.97 Å². The molecule has 0 saturated carbocycles. The van der Waals surface area contributed by atoms with Crippen molar-refractivity contribution in [2.75, 3.05) is 18.6 Å². The molecule has 0 amide bonds. The highest BCUT2D eigenvalue weighted by atomic mass is 32.2. The summed E-state index contributed by atoms with van der Waals surface area (Å²) in [6, 6.07) is 7.88. The number of nitrogens with zero attached hydrogens (tertiary/aromatic N) is 1. The second-order valence-corrected chi connectivity index (χ2v) is 5.99. The Bertz CT molecular complexity index is 416. The van der Waals surface area contributed by atoms with Gasteiger partial charge in [0.25, 0.3) is 0 Å². The van der Waals surface area contributed by atoms with Gasteiger partial charge < -0.3 is 5.11 Å². The molecule has 0 unspecified atom stereocenters. The molecule has 1 fully saturated rings. The maximum atomic E-state index is 10.9.